The minimum Gasteiger partial charge on any atom is -0.468 e. The fourth-order valence-electron chi connectivity index (χ4n) is 2.59. The van der Waals surface area contributed by atoms with E-state index in [4.69, 9.17) is 0 Å². The summed E-state index contributed by atoms with van der Waals surface area (Å²) < 4.78 is 4.65. The highest BCUT2D eigenvalue weighted by Gasteiger charge is 2.39. The smallest absolute Gasteiger partial charge is 0.317 e. The molecular formula is C11H17NO3. The molecule has 0 aromatic rings. The Morgan fingerprint density at radius 3 is 3.00 bits per heavy atom. The van der Waals surface area contributed by atoms with Gasteiger partial charge >= 0.3 is 5.97 Å². The minimum atomic E-state index is -0.538. The Hall–Kier alpha value is -0.900. The van der Waals surface area contributed by atoms with Crippen LogP contribution < -0.4 is 0 Å². The van der Waals surface area contributed by atoms with Crippen LogP contribution >= 0.6 is 0 Å². The van der Waals surface area contributed by atoms with Gasteiger partial charge in [0.2, 0.25) is 0 Å². The third-order valence-corrected chi connectivity index (χ3v) is 3.48. The van der Waals surface area contributed by atoms with E-state index in [0.717, 1.165) is 13.0 Å². The first-order chi connectivity index (χ1) is 7.22. The first-order valence-electron chi connectivity index (χ1n) is 5.57. The fourth-order valence-corrected chi connectivity index (χ4v) is 2.59. The Bertz CT molecular complexity index is 277. The Balaban J connectivity index is 2.04. The van der Waals surface area contributed by atoms with E-state index in [1.807, 2.05) is 0 Å². The molecule has 2 saturated heterocycles. The van der Waals surface area contributed by atoms with Crippen LogP contribution in [0.5, 0.6) is 0 Å². The van der Waals surface area contributed by atoms with Crippen LogP contribution in [0.25, 0.3) is 0 Å². The number of hydrogen-bond donors (Lipinski definition) is 0. The molecule has 4 nitrogen and oxygen atoms in total. The van der Waals surface area contributed by atoms with Crippen LogP contribution in [0.3, 0.4) is 0 Å². The normalized spacial score (nSPS) is 32.2. The van der Waals surface area contributed by atoms with Gasteiger partial charge in [-0.2, -0.15) is 0 Å². The number of rotatable bonds is 1. The lowest BCUT2D eigenvalue weighted by Gasteiger charge is -2.40. The van der Waals surface area contributed by atoms with Crippen LogP contribution in [0, 0.1) is 5.92 Å². The molecule has 2 aliphatic heterocycles. The van der Waals surface area contributed by atoms with Crippen molar-refractivity contribution in [1.82, 2.24) is 4.90 Å². The van der Waals surface area contributed by atoms with Crippen molar-refractivity contribution >= 4 is 11.8 Å². The number of ether oxygens (including phenoxy) is 1. The first kappa shape index (κ1) is 10.6. The van der Waals surface area contributed by atoms with Gasteiger partial charge in [-0.3, -0.25) is 14.5 Å². The number of nitrogens with zero attached hydrogens (tertiary/aromatic N) is 1. The van der Waals surface area contributed by atoms with Gasteiger partial charge in [0.25, 0.3) is 0 Å². The molecule has 0 N–H and O–H groups in total. The fraction of sp³-hybridized carbons (Fsp3) is 0.818. The number of ketones is 1. The van der Waals surface area contributed by atoms with Gasteiger partial charge in [0.05, 0.1) is 7.11 Å². The zero-order chi connectivity index (χ0) is 10.8. The van der Waals surface area contributed by atoms with Crippen molar-refractivity contribution in [2.75, 3.05) is 20.2 Å². The average molecular weight is 211 g/mol. The maximum Gasteiger partial charge on any atom is 0.317 e. The highest BCUT2D eigenvalue weighted by Crippen LogP contribution is 2.27. The molecule has 4 heteroatoms. The second-order valence-electron chi connectivity index (χ2n) is 4.39. The number of hydrogen-bond acceptors (Lipinski definition) is 4. The van der Waals surface area contributed by atoms with Gasteiger partial charge in [0.15, 0.2) is 0 Å². The molecule has 0 aromatic carbocycles. The minimum absolute atomic E-state index is 0.0602. The van der Waals surface area contributed by atoms with E-state index in [0.29, 0.717) is 19.0 Å². The molecule has 2 aliphatic rings. The Kier molecular flexibility index (Phi) is 3.05. The van der Waals surface area contributed by atoms with E-state index in [1.165, 1.54) is 20.0 Å². The second kappa shape index (κ2) is 4.31. The molecule has 2 fully saturated rings. The third kappa shape index (κ3) is 2.04. The summed E-state index contributed by atoms with van der Waals surface area (Å²) in [6.07, 6.45) is 4.01. The van der Waals surface area contributed by atoms with Crippen molar-refractivity contribution in [2.45, 2.75) is 31.7 Å². The molecule has 2 unspecified atom stereocenters. The maximum atomic E-state index is 11.7. The summed E-state index contributed by atoms with van der Waals surface area (Å²) in [7, 11) is 1.35. The highest BCUT2D eigenvalue weighted by atomic mass is 16.5. The number of carbonyl (C=O) groups excluding carboxylic acids is 2. The number of methoxy groups -OCH3 is 1. The van der Waals surface area contributed by atoms with Crippen LogP contribution in [0.2, 0.25) is 0 Å². The molecule has 0 saturated carbocycles. The van der Waals surface area contributed by atoms with Crippen LogP contribution in [0.1, 0.15) is 25.7 Å². The predicted octanol–water partition coefficient (Wildman–Crippen LogP) is 0.603. The van der Waals surface area contributed by atoms with Gasteiger partial charge in [-0.05, 0) is 19.4 Å². The summed E-state index contributed by atoms with van der Waals surface area (Å²) in [4.78, 5) is 25.4. The largest absolute Gasteiger partial charge is 0.468 e. The van der Waals surface area contributed by atoms with Crippen molar-refractivity contribution in [3.05, 3.63) is 0 Å². The Morgan fingerprint density at radius 2 is 2.27 bits per heavy atom. The van der Waals surface area contributed by atoms with Crippen molar-refractivity contribution in [3.8, 4) is 0 Å². The molecule has 0 aromatic heterocycles. The topological polar surface area (TPSA) is 46.6 Å². The van der Waals surface area contributed by atoms with E-state index in [-0.39, 0.29) is 11.8 Å². The van der Waals surface area contributed by atoms with E-state index in [1.54, 1.807) is 0 Å². The SMILES string of the molecule is COC(=O)C1CN2CCCCC2CC1=O. The number of esters is 1. The summed E-state index contributed by atoms with van der Waals surface area (Å²) in [5.74, 6) is -0.849. The molecular weight excluding hydrogens is 194 g/mol. The van der Waals surface area contributed by atoms with Gasteiger partial charge in [0, 0.05) is 19.0 Å². The number of Topliss-reactive ketones (excluding diaryl/α,β-unsaturated/α-hetero) is 1. The molecule has 15 heavy (non-hydrogen) atoms. The number of piperidine rings is 2. The van der Waals surface area contributed by atoms with Gasteiger partial charge < -0.3 is 4.74 Å². The lowest BCUT2D eigenvalue weighted by Crippen LogP contribution is -2.52. The molecule has 0 amide bonds. The average Bonchev–Trinajstić information content (AvgIpc) is 2.27. The zero-order valence-electron chi connectivity index (χ0n) is 9.07. The van der Waals surface area contributed by atoms with E-state index < -0.39 is 5.92 Å². The molecule has 0 spiro atoms. The summed E-state index contributed by atoms with van der Waals surface area (Å²) in [6.45, 7) is 1.58. The summed E-state index contributed by atoms with van der Waals surface area (Å²) >= 11 is 0. The Labute approximate surface area is 89.6 Å². The van der Waals surface area contributed by atoms with Gasteiger partial charge in [0.1, 0.15) is 11.7 Å². The molecule has 0 aliphatic carbocycles. The predicted molar refractivity (Wildman–Crippen MR) is 54.3 cm³/mol. The second-order valence-corrected chi connectivity index (χ2v) is 4.39. The van der Waals surface area contributed by atoms with E-state index >= 15 is 0 Å². The standard InChI is InChI=1S/C11H17NO3/c1-15-11(14)9-7-12-5-3-2-4-8(12)6-10(9)13/h8-9H,2-7H2,1H3. The summed E-state index contributed by atoms with van der Waals surface area (Å²) in [6, 6.07) is 0.382. The van der Waals surface area contributed by atoms with E-state index in [2.05, 4.69) is 9.64 Å². The lowest BCUT2D eigenvalue weighted by molar-refractivity contribution is -0.153. The zero-order valence-corrected chi connectivity index (χ0v) is 9.07. The van der Waals surface area contributed by atoms with Gasteiger partial charge in [-0.25, -0.2) is 0 Å². The van der Waals surface area contributed by atoms with Crippen LogP contribution in [0.4, 0.5) is 0 Å². The summed E-state index contributed by atoms with van der Waals surface area (Å²) in [5, 5.41) is 0. The molecule has 2 heterocycles. The molecule has 2 rings (SSSR count). The quantitative estimate of drug-likeness (QED) is 0.471. The number of carbonyl (C=O) groups is 2. The molecule has 0 radical (unpaired) electrons. The molecule has 0 bridgehead atoms. The first-order valence-corrected chi connectivity index (χ1v) is 5.57. The highest BCUT2D eigenvalue weighted by molar-refractivity contribution is 6.00. The lowest BCUT2D eigenvalue weighted by atomic mass is 9.86. The van der Waals surface area contributed by atoms with Crippen molar-refractivity contribution in [3.63, 3.8) is 0 Å². The van der Waals surface area contributed by atoms with Crippen molar-refractivity contribution < 1.29 is 14.3 Å². The monoisotopic (exact) mass is 211 g/mol. The maximum absolute atomic E-state index is 11.7. The van der Waals surface area contributed by atoms with Crippen LogP contribution in [-0.4, -0.2) is 42.9 Å². The van der Waals surface area contributed by atoms with Crippen molar-refractivity contribution in [1.29, 1.82) is 0 Å². The number of fused-ring (bicyclic) bond motifs is 1. The van der Waals surface area contributed by atoms with Crippen LogP contribution in [-0.2, 0) is 14.3 Å². The third-order valence-electron chi connectivity index (χ3n) is 3.48. The van der Waals surface area contributed by atoms with Gasteiger partial charge in [-0.1, -0.05) is 6.42 Å². The summed E-state index contributed by atoms with van der Waals surface area (Å²) in [5.41, 5.74) is 0. The van der Waals surface area contributed by atoms with Crippen LogP contribution in [0.15, 0.2) is 0 Å². The molecule has 2 atom stereocenters. The van der Waals surface area contributed by atoms with E-state index in [9.17, 15) is 9.59 Å². The molecule has 84 valence electrons. The Morgan fingerprint density at radius 1 is 1.47 bits per heavy atom. The van der Waals surface area contributed by atoms with Gasteiger partial charge in [-0.15, -0.1) is 0 Å². The van der Waals surface area contributed by atoms with Crippen molar-refractivity contribution in [2.24, 2.45) is 5.92 Å².